The van der Waals surface area contributed by atoms with Gasteiger partial charge in [0, 0.05) is 35.4 Å². The van der Waals surface area contributed by atoms with E-state index < -0.39 is 5.97 Å². The number of hydrogen-bond donors (Lipinski definition) is 1. The van der Waals surface area contributed by atoms with Gasteiger partial charge in [0.25, 0.3) is 5.91 Å². The number of piperidine rings is 1. The van der Waals surface area contributed by atoms with E-state index in [2.05, 4.69) is 20.9 Å². The number of carboxylic acid groups (broad SMARTS) is 1. The van der Waals surface area contributed by atoms with Crippen molar-refractivity contribution in [1.82, 2.24) is 9.88 Å². The Hall–Kier alpha value is -1.43. The fourth-order valence-electron chi connectivity index (χ4n) is 3.71. The van der Waals surface area contributed by atoms with Gasteiger partial charge >= 0.3 is 5.97 Å². The zero-order valence-corrected chi connectivity index (χ0v) is 13.1. The summed E-state index contributed by atoms with van der Waals surface area (Å²) in [7, 11) is 0. The second-order valence-electron chi connectivity index (χ2n) is 5.92. The summed E-state index contributed by atoms with van der Waals surface area (Å²) >= 11 is 3.34. The maximum absolute atomic E-state index is 12.7. The number of carbonyl (C=O) groups excluding carboxylic acids is 1. The van der Waals surface area contributed by atoms with Gasteiger partial charge in [-0.2, -0.15) is 0 Å². The lowest BCUT2D eigenvalue weighted by Gasteiger charge is -2.38. The van der Waals surface area contributed by atoms with Crippen LogP contribution in [0.15, 0.2) is 22.9 Å². The van der Waals surface area contributed by atoms with E-state index in [1.807, 2.05) is 4.90 Å². The van der Waals surface area contributed by atoms with Crippen LogP contribution < -0.4 is 0 Å². The third kappa shape index (κ3) is 2.95. The van der Waals surface area contributed by atoms with E-state index in [-0.39, 0.29) is 30.3 Å². The molecule has 1 aromatic heterocycles. The predicted molar refractivity (Wildman–Crippen MR) is 79.9 cm³/mol. The Morgan fingerprint density at radius 2 is 1.95 bits per heavy atom. The molecule has 5 nitrogen and oxygen atoms in total. The third-order valence-electron chi connectivity index (χ3n) is 4.48. The first kappa shape index (κ1) is 14.5. The summed E-state index contributed by atoms with van der Waals surface area (Å²) in [4.78, 5) is 29.6. The molecule has 0 radical (unpaired) electrons. The van der Waals surface area contributed by atoms with Crippen LogP contribution in [0.4, 0.5) is 0 Å². The number of amides is 1. The van der Waals surface area contributed by atoms with Gasteiger partial charge in [0.15, 0.2) is 0 Å². The van der Waals surface area contributed by atoms with Gasteiger partial charge in [-0.25, -0.2) is 0 Å². The Kier molecular flexibility index (Phi) is 3.97. The largest absolute Gasteiger partial charge is 0.481 e. The molecule has 2 aliphatic heterocycles. The average molecular weight is 353 g/mol. The van der Waals surface area contributed by atoms with Crippen molar-refractivity contribution in [1.29, 1.82) is 0 Å². The van der Waals surface area contributed by atoms with Crippen LogP contribution in [0.2, 0.25) is 0 Å². The molecule has 0 saturated carbocycles. The Bertz CT molecular complexity index is 564. The van der Waals surface area contributed by atoms with Crippen molar-refractivity contribution in [2.75, 3.05) is 0 Å². The first-order valence-electron chi connectivity index (χ1n) is 7.19. The molecule has 1 amide bonds. The molecule has 2 atom stereocenters. The van der Waals surface area contributed by atoms with E-state index in [4.69, 9.17) is 5.11 Å². The van der Waals surface area contributed by atoms with Crippen LogP contribution in [-0.4, -0.2) is 39.0 Å². The number of halogens is 1. The maximum Gasteiger partial charge on any atom is 0.303 e. The Balaban J connectivity index is 1.76. The van der Waals surface area contributed by atoms with Gasteiger partial charge in [-0.15, -0.1) is 0 Å². The van der Waals surface area contributed by atoms with Gasteiger partial charge in [-0.1, -0.05) is 0 Å². The molecular formula is C15H17BrN2O3. The van der Waals surface area contributed by atoms with E-state index in [0.29, 0.717) is 5.56 Å². The molecule has 1 N–H and O–H groups in total. The minimum atomic E-state index is -0.740. The van der Waals surface area contributed by atoms with Crippen LogP contribution >= 0.6 is 15.9 Å². The summed E-state index contributed by atoms with van der Waals surface area (Å²) in [6.07, 6.45) is 7.03. The second-order valence-corrected chi connectivity index (χ2v) is 6.84. The number of aliphatic carboxylic acids is 1. The Morgan fingerprint density at radius 1 is 1.29 bits per heavy atom. The van der Waals surface area contributed by atoms with Crippen molar-refractivity contribution in [3.8, 4) is 0 Å². The molecular weight excluding hydrogens is 336 g/mol. The van der Waals surface area contributed by atoms with Crippen molar-refractivity contribution >= 4 is 27.8 Å². The van der Waals surface area contributed by atoms with E-state index in [0.717, 1.165) is 30.2 Å². The fourth-order valence-corrected chi connectivity index (χ4v) is 4.08. The smallest absolute Gasteiger partial charge is 0.303 e. The second kappa shape index (κ2) is 5.75. The van der Waals surface area contributed by atoms with Gasteiger partial charge in [-0.05, 0) is 53.6 Å². The summed E-state index contributed by atoms with van der Waals surface area (Å²) in [5.41, 5.74) is 0.595. The lowest BCUT2D eigenvalue weighted by atomic mass is 9.88. The molecule has 112 valence electrons. The molecule has 0 aliphatic carbocycles. The average Bonchev–Trinajstić information content (AvgIpc) is 2.69. The van der Waals surface area contributed by atoms with Crippen molar-refractivity contribution < 1.29 is 14.7 Å². The zero-order valence-electron chi connectivity index (χ0n) is 11.5. The number of carbonyl (C=O) groups is 2. The molecule has 0 aromatic carbocycles. The maximum atomic E-state index is 12.7. The topological polar surface area (TPSA) is 70.5 Å². The highest BCUT2D eigenvalue weighted by Crippen LogP contribution is 2.40. The summed E-state index contributed by atoms with van der Waals surface area (Å²) in [6, 6.07) is 2.15. The van der Waals surface area contributed by atoms with Crippen LogP contribution in [-0.2, 0) is 4.79 Å². The summed E-state index contributed by atoms with van der Waals surface area (Å²) in [6.45, 7) is 0. The fraction of sp³-hybridized carbons (Fsp3) is 0.533. The molecule has 21 heavy (non-hydrogen) atoms. The Labute approximate surface area is 131 Å². The zero-order chi connectivity index (χ0) is 15.0. The number of pyridine rings is 1. The first-order valence-corrected chi connectivity index (χ1v) is 7.99. The normalized spacial score (nSPS) is 27.7. The standard InChI is InChI=1S/C15H17BrN2O3/c16-11-6-10(7-17-8-11)15(21)18-12-1-2-13(18)4-9(3-12)5-14(19)20/h6-9,12-13H,1-5H2,(H,19,20). The molecule has 0 spiro atoms. The highest BCUT2D eigenvalue weighted by atomic mass is 79.9. The minimum absolute atomic E-state index is 0.0186. The van der Waals surface area contributed by atoms with Gasteiger partial charge in [-0.3, -0.25) is 14.6 Å². The number of fused-ring (bicyclic) bond motifs is 2. The molecule has 2 bridgehead atoms. The van der Waals surface area contributed by atoms with E-state index >= 15 is 0 Å². The van der Waals surface area contributed by atoms with Crippen molar-refractivity contribution in [3.05, 3.63) is 28.5 Å². The highest BCUT2D eigenvalue weighted by Gasteiger charge is 2.43. The quantitative estimate of drug-likeness (QED) is 0.907. The molecule has 2 fully saturated rings. The Morgan fingerprint density at radius 3 is 2.52 bits per heavy atom. The van der Waals surface area contributed by atoms with Crippen molar-refractivity contribution in [2.45, 2.75) is 44.2 Å². The van der Waals surface area contributed by atoms with Crippen LogP contribution in [0.25, 0.3) is 0 Å². The summed E-state index contributed by atoms with van der Waals surface area (Å²) < 4.78 is 0.793. The number of hydrogen-bond acceptors (Lipinski definition) is 3. The SMILES string of the molecule is O=C(O)CC1CC2CCC(C1)N2C(=O)c1cncc(Br)c1. The van der Waals surface area contributed by atoms with E-state index in [1.54, 1.807) is 18.5 Å². The molecule has 1 aromatic rings. The summed E-state index contributed by atoms with van der Waals surface area (Å²) in [5, 5.41) is 8.95. The number of carboxylic acids is 1. The first-order chi connectivity index (χ1) is 10.0. The molecule has 3 rings (SSSR count). The minimum Gasteiger partial charge on any atom is -0.481 e. The number of nitrogens with zero attached hydrogens (tertiary/aromatic N) is 2. The van der Waals surface area contributed by atoms with Gasteiger partial charge < -0.3 is 10.0 Å². The van der Waals surface area contributed by atoms with Gasteiger partial charge in [0.1, 0.15) is 0 Å². The highest BCUT2D eigenvalue weighted by molar-refractivity contribution is 9.10. The van der Waals surface area contributed by atoms with E-state index in [9.17, 15) is 9.59 Å². The lowest BCUT2D eigenvalue weighted by molar-refractivity contribution is -0.138. The van der Waals surface area contributed by atoms with E-state index in [1.165, 1.54) is 0 Å². The van der Waals surface area contributed by atoms with Crippen LogP contribution in [0.5, 0.6) is 0 Å². The number of rotatable bonds is 3. The molecule has 3 heterocycles. The van der Waals surface area contributed by atoms with Crippen LogP contribution in [0.3, 0.4) is 0 Å². The number of aromatic nitrogens is 1. The van der Waals surface area contributed by atoms with Gasteiger partial charge in [0.05, 0.1) is 5.56 Å². The van der Waals surface area contributed by atoms with Crippen molar-refractivity contribution in [2.24, 2.45) is 5.92 Å². The molecule has 2 saturated heterocycles. The van der Waals surface area contributed by atoms with Gasteiger partial charge in [0.2, 0.25) is 0 Å². The summed E-state index contributed by atoms with van der Waals surface area (Å²) in [5.74, 6) is -0.523. The lowest BCUT2D eigenvalue weighted by Crippen LogP contribution is -2.46. The third-order valence-corrected chi connectivity index (χ3v) is 4.91. The van der Waals surface area contributed by atoms with Crippen LogP contribution in [0, 0.1) is 5.92 Å². The monoisotopic (exact) mass is 352 g/mol. The molecule has 6 heteroatoms. The van der Waals surface area contributed by atoms with Crippen molar-refractivity contribution in [3.63, 3.8) is 0 Å². The molecule has 2 aliphatic rings. The molecule has 2 unspecified atom stereocenters. The van der Waals surface area contributed by atoms with Crippen LogP contribution in [0.1, 0.15) is 42.5 Å². The predicted octanol–water partition coefficient (Wildman–Crippen LogP) is 2.70.